The second kappa shape index (κ2) is 4.28. The number of aliphatic hydroxyl groups excluding tert-OH is 1. The number of hydrogen-bond donors (Lipinski definition) is 1. The van der Waals surface area contributed by atoms with Crippen LogP contribution in [0.4, 0.5) is 0 Å². The van der Waals surface area contributed by atoms with Gasteiger partial charge < -0.3 is 5.11 Å². The first-order chi connectivity index (χ1) is 6.18. The lowest BCUT2D eigenvalue weighted by Crippen LogP contribution is -2.39. The van der Waals surface area contributed by atoms with E-state index in [2.05, 4.69) is 20.4 Å². The second-order valence-electron chi connectivity index (χ2n) is 4.36. The average Bonchev–Trinajstić information content (AvgIpc) is 2.18. The topological polar surface area (TPSA) is 20.2 Å². The van der Waals surface area contributed by atoms with Gasteiger partial charge in [0.2, 0.25) is 0 Å². The Hall–Kier alpha value is -0.300. The number of aliphatic hydroxyl groups is 1. The molecule has 1 unspecified atom stereocenters. The fourth-order valence-corrected chi connectivity index (χ4v) is 2.58. The first-order valence-corrected chi connectivity index (χ1v) is 5.49. The van der Waals surface area contributed by atoms with E-state index >= 15 is 0 Å². The third kappa shape index (κ3) is 1.96. The summed E-state index contributed by atoms with van der Waals surface area (Å²) in [7, 11) is 0. The maximum absolute atomic E-state index is 10.1. The van der Waals surface area contributed by atoms with E-state index in [4.69, 9.17) is 0 Å². The first kappa shape index (κ1) is 10.8. The summed E-state index contributed by atoms with van der Waals surface area (Å²) in [4.78, 5) is 0. The monoisotopic (exact) mass is 182 g/mol. The molecule has 1 aliphatic rings. The summed E-state index contributed by atoms with van der Waals surface area (Å²) in [5.74, 6) is 0.543. The molecule has 1 saturated carbocycles. The minimum Gasteiger partial charge on any atom is -0.393 e. The zero-order valence-electron chi connectivity index (χ0n) is 8.92. The van der Waals surface area contributed by atoms with Crippen LogP contribution >= 0.6 is 0 Å². The van der Waals surface area contributed by atoms with Gasteiger partial charge in [-0.15, -0.1) is 6.58 Å². The Morgan fingerprint density at radius 3 is 2.46 bits per heavy atom. The van der Waals surface area contributed by atoms with Crippen LogP contribution in [0.15, 0.2) is 12.7 Å². The van der Waals surface area contributed by atoms with Gasteiger partial charge >= 0.3 is 0 Å². The Morgan fingerprint density at radius 2 is 2.08 bits per heavy atom. The normalized spacial score (nSPS) is 32.8. The molecule has 1 nitrogen and oxygen atoms in total. The largest absolute Gasteiger partial charge is 0.393 e. The highest BCUT2D eigenvalue weighted by Crippen LogP contribution is 2.44. The standard InChI is InChI=1S/C12H22O/c1-4-10-7-8-12(5-2,6-3)11(13)9-10/h4,10-11,13H,1,5-9H2,2-3H3/t10-,11?/m1/s1. The van der Waals surface area contributed by atoms with E-state index in [1.54, 1.807) is 0 Å². The van der Waals surface area contributed by atoms with E-state index in [-0.39, 0.29) is 11.5 Å². The predicted molar refractivity (Wildman–Crippen MR) is 56.6 cm³/mol. The van der Waals surface area contributed by atoms with Gasteiger partial charge in [0.1, 0.15) is 0 Å². The highest BCUT2D eigenvalue weighted by atomic mass is 16.3. The van der Waals surface area contributed by atoms with Crippen LogP contribution in [0.25, 0.3) is 0 Å². The van der Waals surface area contributed by atoms with Crippen LogP contribution in [0.3, 0.4) is 0 Å². The number of rotatable bonds is 3. The van der Waals surface area contributed by atoms with Crippen LogP contribution in [0.5, 0.6) is 0 Å². The molecule has 0 aromatic heterocycles. The molecule has 13 heavy (non-hydrogen) atoms. The molecule has 0 radical (unpaired) electrons. The maximum atomic E-state index is 10.1. The summed E-state index contributed by atoms with van der Waals surface area (Å²) in [6.07, 6.45) is 7.39. The summed E-state index contributed by atoms with van der Waals surface area (Å²) in [5.41, 5.74) is 0.208. The molecule has 1 heteroatoms. The molecule has 0 amide bonds. The lowest BCUT2D eigenvalue weighted by Gasteiger charge is -2.42. The smallest absolute Gasteiger partial charge is 0.0601 e. The van der Waals surface area contributed by atoms with E-state index in [0.29, 0.717) is 5.92 Å². The van der Waals surface area contributed by atoms with Crippen molar-refractivity contribution < 1.29 is 5.11 Å². The van der Waals surface area contributed by atoms with Gasteiger partial charge in [0.25, 0.3) is 0 Å². The maximum Gasteiger partial charge on any atom is 0.0601 e. The van der Waals surface area contributed by atoms with Crippen molar-refractivity contribution in [3.63, 3.8) is 0 Å². The van der Waals surface area contributed by atoms with Crippen molar-refractivity contribution >= 4 is 0 Å². The molecule has 2 atom stereocenters. The summed E-state index contributed by atoms with van der Waals surface area (Å²) in [6, 6.07) is 0. The molecule has 1 aliphatic carbocycles. The lowest BCUT2D eigenvalue weighted by molar-refractivity contribution is -0.0293. The zero-order chi connectivity index (χ0) is 9.90. The molecular weight excluding hydrogens is 160 g/mol. The molecule has 0 aromatic carbocycles. The Bertz CT molecular complexity index is 170. The third-order valence-electron chi connectivity index (χ3n) is 3.99. The Morgan fingerprint density at radius 1 is 1.46 bits per heavy atom. The van der Waals surface area contributed by atoms with Gasteiger partial charge in [-0.1, -0.05) is 19.9 Å². The van der Waals surface area contributed by atoms with Crippen LogP contribution in [0.2, 0.25) is 0 Å². The molecule has 1 fully saturated rings. The summed E-state index contributed by atoms with van der Waals surface area (Å²) in [5, 5.41) is 10.1. The van der Waals surface area contributed by atoms with Crippen LogP contribution in [0.1, 0.15) is 46.0 Å². The van der Waals surface area contributed by atoms with Crippen molar-refractivity contribution in [3.8, 4) is 0 Å². The van der Waals surface area contributed by atoms with Crippen LogP contribution in [-0.2, 0) is 0 Å². The molecule has 0 heterocycles. The average molecular weight is 182 g/mol. The van der Waals surface area contributed by atoms with Crippen molar-refractivity contribution in [2.45, 2.75) is 52.1 Å². The van der Waals surface area contributed by atoms with Gasteiger partial charge in [0.05, 0.1) is 6.10 Å². The van der Waals surface area contributed by atoms with Gasteiger partial charge in [-0.2, -0.15) is 0 Å². The fourth-order valence-electron chi connectivity index (χ4n) is 2.58. The van der Waals surface area contributed by atoms with Crippen LogP contribution in [-0.4, -0.2) is 11.2 Å². The highest BCUT2D eigenvalue weighted by molar-refractivity contribution is 4.95. The molecule has 0 aliphatic heterocycles. The Kier molecular flexibility index (Phi) is 3.55. The molecule has 1 N–H and O–H groups in total. The fraction of sp³-hybridized carbons (Fsp3) is 0.833. The highest BCUT2D eigenvalue weighted by Gasteiger charge is 2.38. The molecular formula is C12H22O. The first-order valence-electron chi connectivity index (χ1n) is 5.49. The minimum absolute atomic E-state index is 0.112. The van der Waals surface area contributed by atoms with Crippen molar-refractivity contribution in [1.82, 2.24) is 0 Å². The van der Waals surface area contributed by atoms with E-state index in [1.165, 1.54) is 6.42 Å². The van der Waals surface area contributed by atoms with E-state index in [0.717, 1.165) is 25.7 Å². The van der Waals surface area contributed by atoms with Crippen molar-refractivity contribution in [3.05, 3.63) is 12.7 Å². The second-order valence-corrected chi connectivity index (χ2v) is 4.36. The Labute approximate surface area is 81.9 Å². The summed E-state index contributed by atoms with van der Waals surface area (Å²) < 4.78 is 0. The molecule has 76 valence electrons. The Balaban J connectivity index is 2.65. The van der Waals surface area contributed by atoms with Gasteiger partial charge in [0.15, 0.2) is 0 Å². The molecule has 0 bridgehead atoms. The van der Waals surface area contributed by atoms with Crippen molar-refractivity contribution in [1.29, 1.82) is 0 Å². The van der Waals surface area contributed by atoms with E-state index in [9.17, 15) is 5.11 Å². The van der Waals surface area contributed by atoms with Crippen molar-refractivity contribution in [2.24, 2.45) is 11.3 Å². The quantitative estimate of drug-likeness (QED) is 0.665. The zero-order valence-corrected chi connectivity index (χ0v) is 8.92. The summed E-state index contributed by atoms with van der Waals surface area (Å²) in [6.45, 7) is 8.20. The van der Waals surface area contributed by atoms with E-state index in [1.807, 2.05) is 6.08 Å². The van der Waals surface area contributed by atoms with Crippen LogP contribution in [0, 0.1) is 11.3 Å². The van der Waals surface area contributed by atoms with Gasteiger partial charge in [-0.05, 0) is 43.4 Å². The SMILES string of the molecule is C=C[C@@H]1CCC(CC)(CC)C(O)C1. The number of hydrogen-bond acceptors (Lipinski definition) is 1. The predicted octanol–water partition coefficient (Wildman–Crippen LogP) is 3.14. The van der Waals surface area contributed by atoms with Gasteiger partial charge in [-0.3, -0.25) is 0 Å². The summed E-state index contributed by atoms with van der Waals surface area (Å²) >= 11 is 0. The minimum atomic E-state index is -0.112. The number of allylic oxidation sites excluding steroid dienone is 1. The lowest BCUT2D eigenvalue weighted by atomic mass is 9.65. The van der Waals surface area contributed by atoms with E-state index < -0.39 is 0 Å². The van der Waals surface area contributed by atoms with Crippen LogP contribution < -0.4 is 0 Å². The molecule has 1 rings (SSSR count). The molecule has 0 aromatic rings. The van der Waals surface area contributed by atoms with Gasteiger partial charge in [0, 0.05) is 0 Å². The van der Waals surface area contributed by atoms with Crippen molar-refractivity contribution in [2.75, 3.05) is 0 Å². The third-order valence-corrected chi connectivity index (χ3v) is 3.99. The molecule has 0 spiro atoms. The van der Waals surface area contributed by atoms with Gasteiger partial charge in [-0.25, -0.2) is 0 Å². The molecule has 0 saturated heterocycles.